The molecule has 1 aliphatic rings. The average Bonchev–Trinajstić information content (AvgIpc) is 2.25. The van der Waals surface area contributed by atoms with Crippen LogP contribution in [0.2, 0.25) is 0 Å². The second kappa shape index (κ2) is 3.88. The molecule has 0 amide bonds. The van der Waals surface area contributed by atoms with Crippen molar-refractivity contribution in [1.29, 1.82) is 0 Å². The highest BCUT2D eigenvalue weighted by atomic mass is 19.3. The standard InChI is InChI=1S/C11H12F2N2O3/c12-11(13)4-10(5-11,6-14)8-3-7(15(17)18)1-2-9(8)16/h1-3,16H,4-6,14H2. The third-order valence-electron chi connectivity index (χ3n) is 3.35. The largest absolute Gasteiger partial charge is 0.508 e. The minimum atomic E-state index is -2.82. The number of hydrogen-bond acceptors (Lipinski definition) is 4. The van der Waals surface area contributed by atoms with Crippen LogP contribution in [-0.2, 0) is 5.41 Å². The van der Waals surface area contributed by atoms with Gasteiger partial charge in [0.1, 0.15) is 5.75 Å². The van der Waals surface area contributed by atoms with E-state index in [2.05, 4.69) is 0 Å². The molecular formula is C11H12F2N2O3. The predicted octanol–water partition coefficient (Wildman–Crippen LogP) is 1.93. The Balaban J connectivity index is 2.43. The lowest BCUT2D eigenvalue weighted by atomic mass is 9.62. The first-order chi connectivity index (χ1) is 8.30. The number of aromatic hydroxyl groups is 1. The van der Waals surface area contributed by atoms with E-state index >= 15 is 0 Å². The van der Waals surface area contributed by atoms with Crippen molar-refractivity contribution >= 4 is 5.69 Å². The third-order valence-corrected chi connectivity index (χ3v) is 3.35. The molecule has 0 atom stereocenters. The van der Waals surface area contributed by atoms with Crippen LogP contribution >= 0.6 is 0 Å². The molecule has 0 aromatic heterocycles. The fourth-order valence-electron chi connectivity index (χ4n) is 2.45. The van der Waals surface area contributed by atoms with Crippen molar-refractivity contribution in [3.63, 3.8) is 0 Å². The topological polar surface area (TPSA) is 89.4 Å². The number of alkyl halides is 2. The van der Waals surface area contributed by atoms with E-state index in [4.69, 9.17) is 5.73 Å². The van der Waals surface area contributed by atoms with E-state index in [-0.39, 0.29) is 23.5 Å². The fourth-order valence-corrected chi connectivity index (χ4v) is 2.45. The number of halogens is 2. The second-order valence-electron chi connectivity index (χ2n) is 4.65. The first kappa shape index (κ1) is 12.7. The minimum Gasteiger partial charge on any atom is -0.508 e. The second-order valence-corrected chi connectivity index (χ2v) is 4.65. The molecule has 0 heterocycles. The summed E-state index contributed by atoms with van der Waals surface area (Å²) >= 11 is 0. The SMILES string of the molecule is NCC1(c2cc([N+](=O)[O-])ccc2O)CC(F)(F)C1. The number of phenols is 1. The van der Waals surface area contributed by atoms with Crippen LogP contribution in [0.5, 0.6) is 5.75 Å². The quantitative estimate of drug-likeness (QED) is 0.640. The maximum Gasteiger partial charge on any atom is 0.269 e. The number of nitro benzene ring substituents is 1. The molecule has 1 saturated carbocycles. The Bertz CT molecular complexity index is 497. The molecule has 0 saturated heterocycles. The summed E-state index contributed by atoms with van der Waals surface area (Å²) in [5.41, 5.74) is 4.32. The Labute approximate surface area is 101 Å². The lowest BCUT2D eigenvalue weighted by Crippen LogP contribution is -2.53. The van der Waals surface area contributed by atoms with E-state index in [1.807, 2.05) is 0 Å². The van der Waals surface area contributed by atoms with Gasteiger partial charge in [-0.3, -0.25) is 10.1 Å². The predicted molar refractivity (Wildman–Crippen MR) is 59.7 cm³/mol. The van der Waals surface area contributed by atoms with Gasteiger partial charge in [-0.2, -0.15) is 0 Å². The number of rotatable bonds is 3. The van der Waals surface area contributed by atoms with Crippen LogP contribution in [-0.4, -0.2) is 22.5 Å². The maximum absolute atomic E-state index is 13.0. The van der Waals surface area contributed by atoms with E-state index in [9.17, 15) is 24.0 Å². The third kappa shape index (κ3) is 1.90. The number of hydrogen-bond donors (Lipinski definition) is 2. The lowest BCUT2D eigenvalue weighted by molar-refractivity contribution is -0.385. The molecule has 2 rings (SSSR count). The van der Waals surface area contributed by atoms with E-state index in [0.717, 1.165) is 18.2 Å². The van der Waals surface area contributed by atoms with Crippen LogP contribution in [0.4, 0.5) is 14.5 Å². The minimum absolute atomic E-state index is 0.0860. The normalized spacial score (nSPS) is 20.2. The molecule has 0 bridgehead atoms. The number of benzene rings is 1. The van der Waals surface area contributed by atoms with Crippen molar-refractivity contribution in [2.24, 2.45) is 5.73 Å². The molecule has 1 aliphatic carbocycles. The van der Waals surface area contributed by atoms with Gasteiger partial charge in [0.2, 0.25) is 5.92 Å². The van der Waals surface area contributed by atoms with E-state index in [0.29, 0.717) is 0 Å². The molecule has 3 N–H and O–H groups in total. The van der Waals surface area contributed by atoms with Gasteiger partial charge in [-0.25, -0.2) is 8.78 Å². The molecule has 0 radical (unpaired) electrons. The fraction of sp³-hybridized carbons (Fsp3) is 0.455. The zero-order valence-electron chi connectivity index (χ0n) is 9.40. The Kier molecular flexibility index (Phi) is 2.73. The highest BCUT2D eigenvalue weighted by Gasteiger charge is 2.57. The summed E-state index contributed by atoms with van der Waals surface area (Å²) in [6.07, 6.45) is -0.990. The summed E-state index contributed by atoms with van der Waals surface area (Å²) in [5, 5.41) is 20.4. The number of nitrogens with zero attached hydrogens (tertiary/aromatic N) is 1. The first-order valence-corrected chi connectivity index (χ1v) is 5.35. The number of nitrogens with two attached hydrogens (primary N) is 1. The van der Waals surface area contributed by atoms with Gasteiger partial charge >= 0.3 is 0 Å². The van der Waals surface area contributed by atoms with Gasteiger partial charge in [-0.1, -0.05) is 0 Å². The zero-order valence-corrected chi connectivity index (χ0v) is 9.40. The van der Waals surface area contributed by atoms with Crippen molar-refractivity contribution in [3.8, 4) is 5.75 Å². The van der Waals surface area contributed by atoms with Crippen molar-refractivity contribution < 1.29 is 18.8 Å². The van der Waals surface area contributed by atoms with Gasteiger partial charge in [0.05, 0.1) is 4.92 Å². The summed E-state index contributed by atoms with van der Waals surface area (Å²) < 4.78 is 26.1. The van der Waals surface area contributed by atoms with Crippen molar-refractivity contribution in [3.05, 3.63) is 33.9 Å². The number of non-ortho nitro benzene ring substituents is 1. The van der Waals surface area contributed by atoms with Gasteiger partial charge in [0, 0.05) is 42.5 Å². The zero-order chi connectivity index (χ0) is 13.6. The van der Waals surface area contributed by atoms with Gasteiger partial charge in [-0.15, -0.1) is 0 Å². The van der Waals surface area contributed by atoms with Gasteiger partial charge in [0.25, 0.3) is 5.69 Å². The van der Waals surface area contributed by atoms with E-state index in [1.54, 1.807) is 0 Å². The van der Waals surface area contributed by atoms with Crippen LogP contribution in [0.3, 0.4) is 0 Å². The molecule has 18 heavy (non-hydrogen) atoms. The Morgan fingerprint density at radius 1 is 1.44 bits per heavy atom. The van der Waals surface area contributed by atoms with Crippen LogP contribution in [0.25, 0.3) is 0 Å². The Hall–Kier alpha value is -1.76. The van der Waals surface area contributed by atoms with Crippen molar-refractivity contribution in [1.82, 2.24) is 0 Å². The van der Waals surface area contributed by atoms with Crippen LogP contribution in [0.15, 0.2) is 18.2 Å². The van der Waals surface area contributed by atoms with Crippen molar-refractivity contribution in [2.75, 3.05) is 6.54 Å². The van der Waals surface area contributed by atoms with E-state index in [1.165, 1.54) is 0 Å². The number of nitro groups is 1. The summed E-state index contributed by atoms with van der Waals surface area (Å²) in [5.74, 6) is -3.06. The van der Waals surface area contributed by atoms with Gasteiger partial charge in [0.15, 0.2) is 0 Å². The molecular weight excluding hydrogens is 246 g/mol. The maximum atomic E-state index is 13.0. The van der Waals surface area contributed by atoms with E-state index < -0.39 is 29.1 Å². The molecule has 0 aliphatic heterocycles. The molecule has 0 unspecified atom stereocenters. The summed E-state index contributed by atoms with van der Waals surface area (Å²) in [4.78, 5) is 10.0. The molecule has 1 fully saturated rings. The molecule has 0 spiro atoms. The summed E-state index contributed by atoms with van der Waals surface area (Å²) in [6.45, 7) is -0.0860. The van der Waals surface area contributed by atoms with Crippen molar-refractivity contribution in [2.45, 2.75) is 24.2 Å². The lowest BCUT2D eigenvalue weighted by Gasteiger charge is -2.47. The van der Waals surface area contributed by atoms with Crippen LogP contribution in [0.1, 0.15) is 18.4 Å². The molecule has 1 aromatic rings. The summed E-state index contributed by atoms with van der Waals surface area (Å²) in [7, 11) is 0. The molecule has 7 heteroatoms. The number of phenolic OH excluding ortho intramolecular Hbond substituents is 1. The monoisotopic (exact) mass is 258 g/mol. The molecule has 1 aromatic carbocycles. The van der Waals surface area contributed by atoms with Gasteiger partial charge in [-0.05, 0) is 6.07 Å². The van der Waals surface area contributed by atoms with Crippen LogP contribution < -0.4 is 5.73 Å². The summed E-state index contributed by atoms with van der Waals surface area (Å²) in [6, 6.07) is 3.39. The Morgan fingerprint density at radius 3 is 2.50 bits per heavy atom. The highest BCUT2D eigenvalue weighted by molar-refractivity contribution is 5.49. The Morgan fingerprint density at radius 2 is 2.06 bits per heavy atom. The molecule has 5 nitrogen and oxygen atoms in total. The average molecular weight is 258 g/mol. The van der Waals surface area contributed by atoms with Crippen LogP contribution in [0, 0.1) is 10.1 Å². The molecule has 98 valence electrons. The first-order valence-electron chi connectivity index (χ1n) is 5.35. The smallest absolute Gasteiger partial charge is 0.269 e. The highest BCUT2D eigenvalue weighted by Crippen LogP contribution is 2.55. The van der Waals surface area contributed by atoms with Gasteiger partial charge < -0.3 is 10.8 Å².